The predicted molar refractivity (Wildman–Crippen MR) is 293 cm³/mol. The summed E-state index contributed by atoms with van der Waals surface area (Å²) in [5.74, 6) is 0.856. The average Bonchev–Trinajstić information content (AvgIpc) is 3.91. The molecule has 0 bridgehead atoms. The summed E-state index contributed by atoms with van der Waals surface area (Å²) in [5.41, 5.74) is 20.6. The minimum absolute atomic E-state index is 0.237. The van der Waals surface area contributed by atoms with Crippen LogP contribution < -0.4 is 9.80 Å². The van der Waals surface area contributed by atoms with Gasteiger partial charge in [0.05, 0.1) is 17.5 Å². The Bertz CT molecular complexity index is 3300. The van der Waals surface area contributed by atoms with Gasteiger partial charge in [0.15, 0.2) is 0 Å². The first kappa shape index (κ1) is 42.4. The van der Waals surface area contributed by atoms with Crippen LogP contribution in [0.1, 0.15) is 71.4 Å². The molecule has 2 heteroatoms. The summed E-state index contributed by atoms with van der Waals surface area (Å²) in [6.07, 6.45) is 41.5. The Morgan fingerprint density at radius 3 is 2.01 bits per heavy atom. The van der Waals surface area contributed by atoms with E-state index in [4.69, 9.17) is 0 Å². The lowest BCUT2D eigenvalue weighted by Crippen LogP contribution is -2.36. The largest absolute Gasteiger partial charge is 0.360 e. The van der Waals surface area contributed by atoms with E-state index in [1.54, 1.807) is 5.57 Å². The van der Waals surface area contributed by atoms with Crippen LogP contribution in [0.5, 0.6) is 0 Å². The lowest BCUT2D eigenvalue weighted by Gasteiger charge is -2.40. The molecule has 7 aliphatic carbocycles. The number of nitrogens with zero attached hydrogens (tertiary/aromatic N) is 2. The fourth-order valence-electron chi connectivity index (χ4n) is 13.3. The molecule has 1 spiro atoms. The number of benzene rings is 6. The van der Waals surface area contributed by atoms with Crippen LogP contribution in [0.4, 0.5) is 11.4 Å². The third-order valence-electron chi connectivity index (χ3n) is 16.4. The highest BCUT2D eigenvalue weighted by atomic mass is 15.2. The fraction of sp³-hybridized carbons (Fsp3) is 0.176. The van der Waals surface area contributed by atoms with Gasteiger partial charge in [-0.05, 0) is 129 Å². The number of hydrogen-bond acceptors (Lipinski definition) is 2. The monoisotopic (exact) mass is 902 g/mol. The fourth-order valence-corrected chi connectivity index (χ4v) is 13.3. The molecule has 0 N–H and O–H groups in total. The molecular weight excluding hydrogens is 845 g/mol. The van der Waals surface area contributed by atoms with Crippen LogP contribution >= 0.6 is 0 Å². The van der Waals surface area contributed by atoms with Gasteiger partial charge < -0.3 is 9.80 Å². The highest BCUT2D eigenvalue weighted by Gasteiger charge is 2.58. The Kier molecular flexibility index (Phi) is 10.9. The maximum absolute atomic E-state index is 2.60. The van der Waals surface area contributed by atoms with Crippen LogP contribution in [-0.2, 0) is 12.0 Å². The second-order valence-electron chi connectivity index (χ2n) is 20.0. The predicted octanol–water partition coefficient (Wildman–Crippen LogP) is 16.2. The minimum atomic E-state index is -0.253. The Morgan fingerprint density at radius 2 is 1.24 bits per heavy atom. The molecule has 7 aliphatic rings. The van der Waals surface area contributed by atoms with Gasteiger partial charge in [0, 0.05) is 41.4 Å². The van der Waals surface area contributed by atoms with Crippen molar-refractivity contribution in [2.75, 3.05) is 9.80 Å². The standard InChI is InChI=1S/C68H58N2/c1-5-20-49(21-6-1)58-29-14-13-22-52(58)47-69(53-23-7-2-8-24-53)54-41-36-48(37-42-54)51-40-45-61-60-30-15-17-33-63(60)68(66(61)46-51)64-34-18-16-31-62(64)67-59(32-19-35-65(67)68)50-38-43-57(44-39-50)70(55-25-9-3-10-26-55)56-27-11-4-12-28-56/h1-11,13-27,29-41,43,45,51,54,57,62,64H,12,28,42,44,46-47H2. The van der Waals surface area contributed by atoms with Crippen molar-refractivity contribution < 1.29 is 0 Å². The SMILES string of the molecule is C1=CCCC(N(c2ccccc2)C2C=CC(c3cccc4c3C3C=CC=CC3C43C4=C(C=CC(C5=CCC(N(Cc6ccccc6-c6ccccc6)c6ccccc6)C=C5)C4)c4ccccc43)=CC2)=C1. The summed E-state index contributed by atoms with van der Waals surface area (Å²) in [7, 11) is 0. The maximum Gasteiger partial charge on any atom is 0.0557 e. The summed E-state index contributed by atoms with van der Waals surface area (Å²) >= 11 is 0. The molecule has 2 nitrogen and oxygen atoms in total. The van der Waals surface area contributed by atoms with Crippen molar-refractivity contribution in [3.8, 4) is 11.1 Å². The molecule has 0 saturated heterocycles. The van der Waals surface area contributed by atoms with Gasteiger partial charge in [0.25, 0.3) is 0 Å². The maximum atomic E-state index is 2.60. The van der Waals surface area contributed by atoms with E-state index in [-0.39, 0.29) is 29.3 Å². The molecule has 13 rings (SSSR count). The first-order chi connectivity index (χ1) is 34.7. The zero-order valence-electron chi connectivity index (χ0n) is 39.7. The molecule has 340 valence electrons. The molecule has 0 amide bonds. The molecule has 6 atom stereocenters. The van der Waals surface area contributed by atoms with Crippen LogP contribution in [0.3, 0.4) is 0 Å². The molecule has 0 aliphatic heterocycles. The molecule has 0 heterocycles. The zero-order chi connectivity index (χ0) is 46.4. The molecule has 0 fully saturated rings. The quantitative estimate of drug-likeness (QED) is 0.135. The van der Waals surface area contributed by atoms with Crippen molar-refractivity contribution in [2.24, 2.45) is 11.8 Å². The summed E-state index contributed by atoms with van der Waals surface area (Å²) in [6.45, 7) is 0.828. The Hall–Kier alpha value is -7.68. The molecule has 0 saturated carbocycles. The van der Waals surface area contributed by atoms with E-state index in [1.165, 1.54) is 78.3 Å². The second-order valence-corrected chi connectivity index (χ2v) is 20.0. The molecule has 6 unspecified atom stereocenters. The van der Waals surface area contributed by atoms with E-state index in [9.17, 15) is 0 Å². The van der Waals surface area contributed by atoms with Crippen LogP contribution in [0.15, 0.2) is 266 Å². The number of anilines is 2. The summed E-state index contributed by atoms with van der Waals surface area (Å²) < 4.78 is 0. The normalized spacial score (nSPS) is 24.4. The molecule has 6 aromatic rings. The number of hydrogen-bond donors (Lipinski definition) is 0. The Balaban J connectivity index is 0.825. The smallest absolute Gasteiger partial charge is 0.0557 e. The van der Waals surface area contributed by atoms with E-state index in [0.717, 1.165) is 38.6 Å². The Labute approximate surface area is 414 Å². The minimum Gasteiger partial charge on any atom is -0.360 e. The van der Waals surface area contributed by atoms with Crippen molar-refractivity contribution in [1.82, 2.24) is 0 Å². The van der Waals surface area contributed by atoms with Crippen molar-refractivity contribution in [1.29, 1.82) is 0 Å². The summed E-state index contributed by atoms with van der Waals surface area (Å²) in [6, 6.07) is 58.9. The van der Waals surface area contributed by atoms with Crippen molar-refractivity contribution >= 4 is 22.5 Å². The highest BCUT2D eigenvalue weighted by Crippen LogP contribution is 2.67. The molecule has 70 heavy (non-hydrogen) atoms. The van der Waals surface area contributed by atoms with Crippen molar-refractivity contribution in [2.45, 2.75) is 62.1 Å². The van der Waals surface area contributed by atoms with Gasteiger partial charge in [-0.3, -0.25) is 0 Å². The lowest BCUT2D eigenvalue weighted by atomic mass is 9.62. The topological polar surface area (TPSA) is 6.48 Å². The zero-order valence-corrected chi connectivity index (χ0v) is 39.7. The van der Waals surface area contributed by atoms with Crippen molar-refractivity contribution in [3.05, 3.63) is 299 Å². The van der Waals surface area contributed by atoms with Crippen LogP contribution in [0.2, 0.25) is 0 Å². The van der Waals surface area contributed by atoms with E-state index in [1.807, 2.05) is 0 Å². The first-order valence-electron chi connectivity index (χ1n) is 25.7. The average molecular weight is 903 g/mol. The molecular formula is C68H58N2. The number of para-hydroxylation sites is 2. The van der Waals surface area contributed by atoms with Gasteiger partial charge in [-0.15, -0.1) is 0 Å². The van der Waals surface area contributed by atoms with Gasteiger partial charge in [-0.2, -0.15) is 0 Å². The lowest BCUT2D eigenvalue weighted by molar-refractivity contribution is 0.437. The van der Waals surface area contributed by atoms with Crippen molar-refractivity contribution in [3.63, 3.8) is 0 Å². The van der Waals surface area contributed by atoms with Crippen LogP contribution in [0, 0.1) is 11.8 Å². The van der Waals surface area contributed by atoms with Gasteiger partial charge in [0.1, 0.15) is 0 Å². The van der Waals surface area contributed by atoms with Gasteiger partial charge in [-0.1, -0.05) is 219 Å². The van der Waals surface area contributed by atoms with E-state index >= 15 is 0 Å². The van der Waals surface area contributed by atoms with Gasteiger partial charge in [0.2, 0.25) is 0 Å². The third kappa shape index (κ3) is 7.15. The van der Waals surface area contributed by atoms with Crippen LogP contribution in [-0.4, -0.2) is 12.1 Å². The van der Waals surface area contributed by atoms with Crippen LogP contribution in [0.25, 0.3) is 22.3 Å². The van der Waals surface area contributed by atoms with E-state index in [0.29, 0.717) is 5.92 Å². The molecule has 0 aromatic heterocycles. The highest BCUT2D eigenvalue weighted by molar-refractivity contribution is 5.92. The van der Waals surface area contributed by atoms with Gasteiger partial charge >= 0.3 is 0 Å². The number of fused-ring (bicyclic) bond motifs is 9. The summed E-state index contributed by atoms with van der Waals surface area (Å²) in [5, 5.41) is 0. The van der Waals surface area contributed by atoms with Gasteiger partial charge in [-0.25, -0.2) is 0 Å². The number of allylic oxidation sites excluding steroid dienone is 16. The second kappa shape index (κ2) is 18.0. The first-order valence-corrected chi connectivity index (χ1v) is 25.7. The number of rotatable bonds is 10. The Morgan fingerprint density at radius 1 is 0.543 bits per heavy atom. The molecule has 0 radical (unpaired) electrons. The van der Waals surface area contributed by atoms with E-state index in [2.05, 4.69) is 259 Å². The summed E-state index contributed by atoms with van der Waals surface area (Å²) in [4.78, 5) is 5.17. The third-order valence-corrected chi connectivity index (χ3v) is 16.4. The van der Waals surface area contributed by atoms with E-state index < -0.39 is 0 Å². The molecule has 6 aromatic carbocycles.